The second-order valence-electron chi connectivity index (χ2n) is 6.54. The van der Waals surface area contributed by atoms with E-state index in [1.54, 1.807) is 11.8 Å². The molecule has 1 fully saturated rings. The van der Waals surface area contributed by atoms with E-state index in [0.717, 1.165) is 35.3 Å². The number of benzene rings is 2. The molecule has 0 bridgehead atoms. The van der Waals surface area contributed by atoms with E-state index in [9.17, 15) is 9.59 Å². The number of hydrogen-bond donors (Lipinski definition) is 1. The molecule has 1 atom stereocenters. The largest absolute Gasteiger partial charge is 0.326 e. The number of carbonyl (C=O) groups excluding carboxylic acids is 2. The van der Waals surface area contributed by atoms with Crippen LogP contribution in [0.4, 0.5) is 11.4 Å². The third kappa shape index (κ3) is 4.28. The zero-order valence-corrected chi connectivity index (χ0v) is 16.0. The van der Waals surface area contributed by atoms with Gasteiger partial charge in [0.05, 0.1) is 5.75 Å². The minimum atomic E-state index is -0.0724. The molecular formula is C21H24N2O2S. The molecule has 1 aliphatic heterocycles. The van der Waals surface area contributed by atoms with E-state index in [2.05, 4.69) is 12.2 Å². The minimum absolute atomic E-state index is 0.0368. The molecule has 0 aliphatic carbocycles. The number of nitrogens with one attached hydrogen (secondary N) is 1. The summed E-state index contributed by atoms with van der Waals surface area (Å²) in [6, 6.07) is 15.8. The van der Waals surface area contributed by atoms with Crippen LogP contribution in [0.1, 0.15) is 42.7 Å². The number of nitrogens with zero attached hydrogens (tertiary/aromatic N) is 1. The van der Waals surface area contributed by atoms with Crippen molar-refractivity contribution in [1.82, 2.24) is 0 Å². The molecule has 0 saturated carbocycles. The minimum Gasteiger partial charge on any atom is -0.326 e. The Balaban J connectivity index is 1.82. The van der Waals surface area contributed by atoms with Gasteiger partial charge in [0.15, 0.2) is 0 Å². The molecule has 5 heteroatoms. The number of unbranched alkanes of at least 4 members (excludes halogenated alkanes) is 1. The van der Waals surface area contributed by atoms with Gasteiger partial charge in [-0.2, -0.15) is 0 Å². The molecule has 2 amide bonds. The normalized spacial score (nSPS) is 16.8. The van der Waals surface area contributed by atoms with Gasteiger partial charge in [-0.3, -0.25) is 14.5 Å². The van der Waals surface area contributed by atoms with Crippen molar-refractivity contribution in [1.29, 1.82) is 0 Å². The van der Waals surface area contributed by atoms with Crippen molar-refractivity contribution in [3.8, 4) is 0 Å². The van der Waals surface area contributed by atoms with E-state index in [1.807, 2.05) is 60.4 Å². The lowest BCUT2D eigenvalue weighted by atomic mass is 10.1. The van der Waals surface area contributed by atoms with Gasteiger partial charge in [0.1, 0.15) is 5.37 Å². The van der Waals surface area contributed by atoms with Gasteiger partial charge in [-0.15, -0.1) is 11.8 Å². The third-order valence-electron chi connectivity index (χ3n) is 4.36. The Labute approximate surface area is 159 Å². The molecule has 26 heavy (non-hydrogen) atoms. The SMILES string of the molecule is CCCCC(=O)Nc1cccc([C@H]2SCC(=O)N2c2cccc(C)c2)c1. The fourth-order valence-electron chi connectivity index (χ4n) is 3.06. The summed E-state index contributed by atoms with van der Waals surface area (Å²) in [7, 11) is 0. The summed E-state index contributed by atoms with van der Waals surface area (Å²) in [5.74, 6) is 0.615. The fourth-order valence-corrected chi connectivity index (χ4v) is 4.23. The molecule has 0 radical (unpaired) electrons. The Kier molecular flexibility index (Phi) is 5.99. The Hall–Kier alpha value is -2.27. The second-order valence-corrected chi connectivity index (χ2v) is 7.61. The molecule has 136 valence electrons. The molecule has 1 heterocycles. The highest BCUT2D eigenvalue weighted by Gasteiger charge is 2.34. The predicted molar refractivity (Wildman–Crippen MR) is 108 cm³/mol. The van der Waals surface area contributed by atoms with Gasteiger partial charge in [0.25, 0.3) is 0 Å². The van der Waals surface area contributed by atoms with Crippen LogP contribution >= 0.6 is 11.8 Å². The van der Waals surface area contributed by atoms with Crippen LogP contribution < -0.4 is 10.2 Å². The number of rotatable bonds is 6. The molecule has 1 saturated heterocycles. The third-order valence-corrected chi connectivity index (χ3v) is 5.57. The Morgan fingerprint density at radius 3 is 2.81 bits per heavy atom. The van der Waals surface area contributed by atoms with Crippen molar-refractivity contribution in [3.05, 3.63) is 59.7 Å². The number of amides is 2. The van der Waals surface area contributed by atoms with Crippen LogP contribution in [0.2, 0.25) is 0 Å². The molecule has 0 spiro atoms. The zero-order chi connectivity index (χ0) is 18.5. The average molecular weight is 369 g/mol. The number of carbonyl (C=O) groups is 2. The summed E-state index contributed by atoms with van der Waals surface area (Å²) in [4.78, 5) is 26.3. The summed E-state index contributed by atoms with van der Waals surface area (Å²) in [5, 5.41) is 2.89. The highest BCUT2D eigenvalue weighted by Crippen LogP contribution is 2.42. The average Bonchev–Trinajstić information content (AvgIpc) is 3.02. The first-order chi connectivity index (χ1) is 12.6. The summed E-state index contributed by atoms with van der Waals surface area (Å²) < 4.78 is 0. The van der Waals surface area contributed by atoms with Crippen LogP contribution in [0.5, 0.6) is 0 Å². The lowest BCUT2D eigenvalue weighted by molar-refractivity contribution is -0.116. The Morgan fingerprint density at radius 1 is 1.23 bits per heavy atom. The number of thioether (sulfide) groups is 1. The predicted octanol–water partition coefficient (Wildman–Crippen LogP) is 4.90. The lowest BCUT2D eigenvalue weighted by Gasteiger charge is -2.25. The van der Waals surface area contributed by atoms with Gasteiger partial charge in [-0.05, 0) is 48.7 Å². The van der Waals surface area contributed by atoms with Crippen molar-refractivity contribution in [2.24, 2.45) is 0 Å². The maximum Gasteiger partial charge on any atom is 0.238 e. The first kappa shape index (κ1) is 18.5. The quantitative estimate of drug-likeness (QED) is 0.789. The van der Waals surface area contributed by atoms with E-state index in [-0.39, 0.29) is 17.2 Å². The van der Waals surface area contributed by atoms with Crippen LogP contribution in [0.25, 0.3) is 0 Å². The van der Waals surface area contributed by atoms with Gasteiger partial charge in [-0.1, -0.05) is 37.6 Å². The first-order valence-electron chi connectivity index (χ1n) is 8.98. The standard InChI is InChI=1S/C21H24N2O2S/c1-3-4-11-19(24)22-17-9-6-8-16(13-17)21-23(20(25)14-26-21)18-10-5-7-15(2)12-18/h5-10,12-13,21H,3-4,11,14H2,1-2H3,(H,22,24)/t21-/m1/s1. The number of anilines is 2. The summed E-state index contributed by atoms with van der Waals surface area (Å²) >= 11 is 1.62. The van der Waals surface area contributed by atoms with Crippen molar-refractivity contribution in [2.45, 2.75) is 38.5 Å². The second kappa shape index (κ2) is 8.41. The van der Waals surface area contributed by atoms with E-state index >= 15 is 0 Å². The zero-order valence-electron chi connectivity index (χ0n) is 15.2. The Bertz CT molecular complexity index is 806. The van der Waals surface area contributed by atoms with Crippen LogP contribution in [0.15, 0.2) is 48.5 Å². The molecule has 1 N–H and O–H groups in total. The van der Waals surface area contributed by atoms with Gasteiger partial charge in [0.2, 0.25) is 11.8 Å². The molecule has 4 nitrogen and oxygen atoms in total. The molecule has 3 rings (SSSR count). The van der Waals surface area contributed by atoms with Gasteiger partial charge < -0.3 is 5.32 Å². The van der Waals surface area contributed by atoms with E-state index in [4.69, 9.17) is 0 Å². The first-order valence-corrected chi connectivity index (χ1v) is 10.0. The highest BCUT2D eigenvalue weighted by atomic mass is 32.2. The monoisotopic (exact) mass is 368 g/mol. The topological polar surface area (TPSA) is 49.4 Å². The van der Waals surface area contributed by atoms with E-state index < -0.39 is 0 Å². The van der Waals surface area contributed by atoms with Crippen LogP contribution in [-0.4, -0.2) is 17.6 Å². The van der Waals surface area contributed by atoms with Crippen molar-refractivity contribution in [3.63, 3.8) is 0 Å². The summed E-state index contributed by atoms with van der Waals surface area (Å²) in [6.45, 7) is 4.10. The number of aryl methyl sites for hydroxylation is 1. The van der Waals surface area contributed by atoms with Crippen LogP contribution in [0.3, 0.4) is 0 Å². The van der Waals surface area contributed by atoms with Gasteiger partial charge in [0, 0.05) is 17.8 Å². The van der Waals surface area contributed by atoms with Crippen molar-refractivity contribution in [2.75, 3.05) is 16.0 Å². The maximum absolute atomic E-state index is 12.5. The molecule has 0 aromatic heterocycles. The van der Waals surface area contributed by atoms with Gasteiger partial charge >= 0.3 is 0 Å². The molecule has 2 aromatic carbocycles. The van der Waals surface area contributed by atoms with Gasteiger partial charge in [-0.25, -0.2) is 0 Å². The summed E-state index contributed by atoms with van der Waals surface area (Å²) in [6.07, 6.45) is 2.42. The van der Waals surface area contributed by atoms with Crippen LogP contribution in [-0.2, 0) is 9.59 Å². The fraction of sp³-hybridized carbons (Fsp3) is 0.333. The lowest BCUT2D eigenvalue weighted by Crippen LogP contribution is -2.27. The van der Waals surface area contributed by atoms with Crippen LogP contribution in [0, 0.1) is 6.92 Å². The van der Waals surface area contributed by atoms with E-state index in [0.29, 0.717) is 12.2 Å². The molecule has 0 unspecified atom stereocenters. The van der Waals surface area contributed by atoms with E-state index in [1.165, 1.54) is 0 Å². The number of hydrogen-bond acceptors (Lipinski definition) is 3. The highest BCUT2D eigenvalue weighted by molar-refractivity contribution is 8.00. The van der Waals surface area contributed by atoms with Crippen molar-refractivity contribution < 1.29 is 9.59 Å². The molecule has 2 aromatic rings. The smallest absolute Gasteiger partial charge is 0.238 e. The maximum atomic E-state index is 12.5. The molecular weight excluding hydrogens is 344 g/mol. The molecule has 1 aliphatic rings. The summed E-state index contributed by atoms with van der Waals surface area (Å²) in [5.41, 5.74) is 3.86. The Morgan fingerprint density at radius 2 is 2.04 bits per heavy atom. The van der Waals surface area contributed by atoms with Crippen molar-refractivity contribution >= 4 is 35.0 Å².